The summed E-state index contributed by atoms with van der Waals surface area (Å²) in [5, 5.41) is 0.797. The molecule has 2 aromatic rings. The molecular formula is C23H30ClN3O. The lowest BCUT2D eigenvalue weighted by Crippen LogP contribution is -2.56. The summed E-state index contributed by atoms with van der Waals surface area (Å²) in [4.78, 5) is 9.85. The van der Waals surface area contributed by atoms with Crippen LogP contribution >= 0.6 is 11.6 Å². The molecule has 0 saturated carbocycles. The second kappa shape index (κ2) is 8.81. The van der Waals surface area contributed by atoms with E-state index in [2.05, 4.69) is 54.0 Å². The van der Waals surface area contributed by atoms with Crippen LogP contribution in [-0.2, 0) is 11.2 Å². The lowest BCUT2D eigenvalue weighted by molar-refractivity contribution is -0.0745. The Hall–Kier alpha value is -1.62. The number of nitrogens with zero attached hydrogens (tertiary/aromatic N) is 3. The zero-order valence-electron chi connectivity index (χ0n) is 16.9. The van der Waals surface area contributed by atoms with E-state index in [0.717, 1.165) is 49.2 Å². The number of pyridine rings is 1. The summed E-state index contributed by atoms with van der Waals surface area (Å²) in [7, 11) is 0. The molecule has 0 aliphatic carbocycles. The number of hydrogen-bond donors (Lipinski definition) is 0. The normalized spacial score (nSPS) is 24.5. The van der Waals surface area contributed by atoms with Crippen molar-refractivity contribution < 1.29 is 4.74 Å². The molecule has 4 rings (SSSR count). The van der Waals surface area contributed by atoms with E-state index < -0.39 is 0 Å². The Bertz CT molecular complexity index is 774. The largest absolute Gasteiger partial charge is 0.376 e. The van der Waals surface area contributed by atoms with Gasteiger partial charge >= 0.3 is 0 Å². The summed E-state index contributed by atoms with van der Waals surface area (Å²) in [5.41, 5.74) is 2.42. The van der Waals surface area contributed by atoms with Gasteiger partial charge in [0.15, 0.2) is 0 Å². The Kier molecular flexibility index (Phi) is 6.19. The standard InChI is InChI=1S/C23H30ClN3O/c1-17-4-3-5-23(25-17)26-12-10-21(11-13-26)27-15-18(2)28-16-22(27)14-19-6-8-20(24)9-7-19/h3-9,18,21-22H,10-16H2,1-2H3/t18-,22-/m0/s1. The molecule has 150 valence electrons. The average Bonchev–Trinajstić information content (AvgIpc) is 2.71. The fourth-order valence-corrected chi connectivity index (χ4v) is 4.64. The van der Waals surface area contributed by atoms with Crippen molar-refractivity contribution in [3.63, 3.8) is 0 Å². The monoisotopic (exact) mass is 399 g/mol. The van der Waals surface area contributed by atoms with Crippen LogP contribution in [0.2, 0.25) is 5.02 Å². The molecule has 1 aromatic heterocycles. The number of benzene rings is 1. The summed E-state index contributed by atoms with van der Waals surface area (Å²) in [6, 6.07) is 15.6. The Morgan fingerprint density at radius 1 is 1.11 bits per heavy atom. The Morgan fingerprint density at radius 2 is 1.86 bits per heavy atom. The maximum Gasteiger partial charge on any atom is 0.128 e. The van der Waals surface area contributed by atoms with Gasteiger partial charge in [0.05, 0.1) is 12.7 Å². The maximum atomic E-state index is 6.05. The highest BCUT2D eigenvalue weighted by molar-refractivity contribution is 6.30. The van der Waals surface area contributed by atoms with Gasteiger partial charge in [0.25, 0.3) is 0 Å². The minimum atomic E-state index is 0.304. The van der Waals surface area contributed by atoms with Crippen LogP contribution in [0.15, 0.2) is 42.5 Å². The molecule has 0 radical (unpaired) electrons. The van der Waals surface area contributed by atoms with Gasteiger partial charge in [-0.05, 0) is 62.9 Å². The van der Waals surface area contributed by atoms with Gasteiger partial charge in [0.1, 0.15) is 5.82 Å². The van der Waals surface area contributed by atoms with E-state index in [1.165, 1.54) is 18.4 Å². The molecule has 2 aliphatic heterocycles. The summed E-state index contributed by atoms with van der Waals surface area (Å²) in [5.74, 6) is 1.12. The molecule has 2 fully saturated rings. The molecule has 0 unspecified atom stereocenters. The first-order chi connectivity index (χ1) is 13.6. The molecule has 4 nitrogen and oxygen atoms in total. The number of aryl methyl sites for hydroxylation is 1. The molecule has 0 amide bonds. The number of piperidine rings is 1. The summed E-state index contributed by atoms with van der Waals surface area (Å²) in [6.45, 7) is 8.22. The second-order valence-corrected chi connectivity index (χ2v) is 8.62. The fraction of sp³-hybridized carbons (Fsp3) is 0.522. The third-order valence-corrected chi connectivity index (χ3v) is 6.28. The van der Waals surface area contributed by atoms with Crippen LogP contribution in [0.5, 0.6) is 0 Å². The maximum absolute atomic E-state index is 6.05. The molecule has 28 heavy (non-hydrogen) atoms. The van der Waals surface area contributed by atoms with Crippen LogP contribution in [-0.4, -0.2) is 54.3 Å². The first-order valence-electron chi connectivity index (χ1n) is 10.4. The number of morpholine rings is 1. The molecule has 3 heterocycles. The minimum absolute atomic E-state index is 0.304. The van der Waals surface area contributed by atoms with Crippen molar-refractivity contribution in [1.29, 1.82) is 0 Å². The number of halogens is 1. The van der Waals surface area contributed by atoms with E-state index in [4.69, 9.17) is 21.3 Å². The molecular weight excluding hydrogens is 370 g/mol. The highest BCUT2D eigenvalue weighted by atomic mass is 35.5. The number of rotatable bonds is 4. The smallest absolute Gasteiger partial charge is 0.128 e. The molecule has 2 atom stereocenters. The minimum Gasteiger partial charge on any atom is -0.376 e. The van der Waals surface area contributed by atoms with Crippen molar-refractivity contribution in [3.8, 4) is 0 Å². The number of anilines is 1. The molecule has 0 bridgehead atoms. The lowest BCUT2D eigenvalue weighted by atomic mass is 9.96. The van der Waals surface area contributed by atoms with Gasteiger partial charge in [-0.3, -0.25) is 4.90 Å². The highest BCUT2D eigenvalue weighted by Gasteiger charge is 2.34. The van der Waals surface area contributed by atoms with Crippen LogP contribution in [0.3, 0.4) is 0 Å². The van der Waals surface area contributed by atoms with Crippen molar-refractivity contribution in [2.75, 3.05) is 31.1 Å². The first-order valence-corrected chi connectivity index (χ1v) is 10.8. The molecule has 0 N–H and O–H groups in total. The van der Waals surface area contributed by atoms with Crippen LogP contribution in [0.1, 0.15) is 31.0 Å². The van der Waals surface area contributed by atoms with Gasteiger partial charge in [-0.25, -0.2) is 4.98 Å². The van der Waals surface area contributed by atoms with Crippen molar-refractivity contribution >= 4 is 17.4 Å². The van der Waals surface area contributed by atoms with E-state index in [9.17, 15) is 0 Å². The number of hydrogen-bond acceptors (Lipinski definition) is 4. The van der Waals surface area contributed by atoms with E-state index in [1.807, 2.05) is 12.1 Å². The quantitative estimate of drug-likeness (QED) is 0.764. The summed E-state index contributed by atoms with van der Waals surface area (Å²) in [6.07, 6.45) is 3.68. The predicted molar refractivity (Wildman–Crippen MR) is 115 cm³/mol. The SMILES string of the molecule is Cc1cccc(N2CCC(N3C[C@H](C)OC[C@@H]3Cc3ccc(Cl)cc3)CC2)n1. The lowest BCUT2D eigenvalue weighted by Gasteiger charge is -2.46. The van der Waals surface area contributed by atoms with Gasteiger partial charge in [-0.2, -0.15) is 0 Å². The van der Waals surface area contributed by atoms with Crippen molar-refractivity contribution in [2.45, 2.75) is 51.3 Å². The number of aromatic nitrogens is 1. The van der Waals surface area contributed by atoms with Crippen LogP contribution in [0, 0.1) is 6.92 Å². The molecule has 2 saturated heterocycles. The Labute approximate surface area is 173 Å². The summed E-state index contributed by atoms with van der Waals surface area (Å²) < 4.78 is 6.02. The summed E-state index contributed by atoms with van der Waals surface area (Å²) >= 11 is 6.05. The Balaban J connectivity index is 1.41. The van der Waals surface area contributed by atoms with Gasteiger partial charge < -0.3 is 9.64 Å². The Morgan fingerprint density at radius 3 is 2.57 bits per heavy atom. The average molecular weight is 400 g/mol. The van der Waals surface area contributed by atoms with Crippen molar-refractivity contribution in [2.24, 2.45) is 0 Å². The topological polar surface area (TPSA) is 28.6 Å². The van der Waals surface area contributed by atoms with Gasteiger partial charge in [-0.15, -0.1) is 0 Å². The van der Waals surface area contributed by atoms with Gasteiger partial charge in [0, 0.05) is 42.4 Å². The third kappa shape index (κ3) is 4.68. The van der Waals surface area contributed by atoms with Crippen LogP contribution < -0.4 is 4.90 Å². The molecule has 5 heteroatoms. The highest BCUT2D eigenvalue weighted by Crippen LogP contribution is 2.27. The molecule has 2 aliphatic rings. The zero-order chi connectivity index (χ0) is 19.5. The van der Waals surface area contributed by atoms with Crippen molar-refractivity contribution in [3.05, 3.63) is 58.7 Å². The van der Waals surface area contributed by atoms with E-state index >= 15 is 0 Å². The van der Waals surface area contributed by atoms with Crippen LogP contribution in [0.25, 0.3) is 0 Å². The number of ether oxygens (including phenoxy) is 1. The zero-order valence-corrected chi connectivity index (χ0v) is 17.6. The third-order valence-electron chi connectivity index (χ3n) is 6.03. The van der Waals surface area contributed by atoms with Gasteiger partial charge in [0.2, 0.25) is 0 Å². The van der Waals surface area contributed by atoms with E-state index in [1.54, 1.807) is 0 Å². The second-order valence-electron chi connectivity index (χ2n) is 8.18. The van der Waals surface area contributed by atoms with Crippen molar-refractivity contribution in [1.82, 2.24) is 9.88 Å². The van der Waals surface area contributed by atoms with E-state index in [0.29, 0.717) is 18.2 Å². The fourth-order valence-electron chi connectivity index (χ4n) is 4.52. The first kappa shape index (κ1) is 19.7. The van der Waals surface area contributed by atoms with Crippen LogP contribution in [0.4, 0.5) is 5.82 Å². The molecule has 1 aromatic carbocycles. The molecule has 0 spiro atoms. The van der Waals surface area contributed by atoms with Gasteiger partial charge in [-0.1, -0.05) is 29.8 Å². The van der Waals surface area contributed by atoms with E-state index in [-0.39, 0.29) is 0 Å². The predicted octanol–water partition coefficient (Wildman–Crippen LogP) is 4.34.